The fraction of sp³-hybridized carbons (Fsp3) is 0.136. The van der Waals surface area contributed by atoms with E-state index in [1.165, 1.54) is 15.9 Å². The van der Waals surface area contributed by atoms with Gasteiger partial charge in [0.1, 0.15) is 23.2 Å². The SMILES string of the molecule is N#[11C]CCC[P+](c1ccccc1)(c1ccccc1)c1ccccc1. The maximum Gasteiger partial charge on any atom is 0.112 e. The lowest BCUT2D eigenvalue weighted by Crippen LogP contribution is -2.33. The molecule has 0 amide bonds. The van der Waals surface area contributed by atoms with Crippen molar-refractivity contribution in [2.45, 2.75) is 12.8 Å². The fourth-order valence-corrected chi connectivity index (χ4v) is 7.62. The van der Waals surface area contributed by atoms with Crippen LogP contribution in [0.15, 0.2) is 91.0 Å². The summed E-state index contributed by atoms with van der Waals surface area (Å²) in [6.07, 6.45) is 2.55. The van der Waals surface area contributed by atoms with Gasteiger partial charge in [0.2, 0.25) is 0 Å². The number of unbranched alkanes of at least 4 members (excludes halogenated alkanes) is 1. The Kier molecular flexibility index (Phi) is 5.42. The van der Waals surface area contributed by atoms with Gasteiger partial charge >= 0.3 is 0 Å². The monoisotopic (exact) mass is 329 g/mol. The molecule has 3 aromatic rings. The van der Waals surface area contributed by atoms with E-state index in [1.54, 1.807) is 0 Å². The van der Waals surface area contributed by atoms with E-state index in [0.717, 1.165) is 12.6 Å². The number of benzene rings is 3. The Morgan fingerprint density at radius 2 is 1.00 bits per heavy atom. The Labute approximate surface area is 144 Å². The van der Waals surface area contributed by atoms with Crippen LogP contribution in [0, 0.1) is 11.3 Å². The first-order chi connectivity index (χ1) is 11.9. The lowest BCUT2D eigenvalue weighted by molar-refractivity contribution is 0.975. The highest BCUT2D eigenvalue weighted by molar-refractivity contribution is 7.95. The summed E-state index contributed by atoms with van der Waals surface area (Å²) in [6.45, 7) is 0. The third-order valence-corrected chi connectivity index (χ3v) is 8.90. The summed E-state index contributed by atoms with van der Waals surface area (Å²) in [5, 5.41) is 13.2. The highest BCUT2D eigenvalue weighted by Gasteiger charge is 2.44. The van der Waals surface area contributed by atoms with Crippen LogP contribution < -0.4 is 15.9 Å². The third kappa shape index (κ3) is 3.25. The Morgan fingerprint density at radius 3 is 1.33 bits per heavy atom. The van der Waals surface area contributed by atoms with Crippen molar-refractivity contribution in [2.75, 3.05) is 6.16 Å². The van der Waals surface area contributed by atoms with Gasteiger partial charge in [-0.3, -0.25) is 0 Å². The molecule has 0 aliphatic heterocycles. The number of hydrogen-bond acceptors (Lipinski definition) is 1. The van der Waals surface area contributed by atoms with E-state index in [4.69, 9.17) is 5.26 Å². The molecule has 0 heterocycles. The molecule has 3 aromatic carbocycles. The largest absolute Gasteiger partial charge is 0.198 e. The van der Waals surface area contributed by atoms with Crippen molar-refractivity contribution in [3.63, 3.8) is 0 Å². The summed E-state index contributed by atoms with van der Waals surface area (Å²) in [4.78, 5) is 0. The zero-order valence-corrected chi connectivity index (χ0v) is 14.6. The van der Waals surface area contributed by atoms with E-state index in [9.17, 15) is 0 Å². The molecular weight excluding hydrogens is 308 g/mol. The summed E-state index contributed by atoms with van der Waals surface area (Å²) in [5.74, 6) is 0. The van der Waals surface area contributed by atoms with Crippen molar-refractivity contribution in [3.8, 4) is 6.07 Å². The molecule has 0 N–H and O–H groups in total. The molecule has 0 aliphatic carbocycles. The normalized spacial score (nSPS) is 11.0. The summed E-state index contributed by atoms with van der Waals surface area (Å²) >= 11 is 0. The van der Waals surface area contributed by atoms with Gasteiger partial charge in [-0.1, -0.05) is 54.6 Å². The maximum absolute atomic E-state index is 9.04. The van der Waals surface area contributed by atoms with E-state index in [2.05, 4.69) is 97.1 Å². The average molecular weight is 329 g/mol. The third-order valence-electron chi connectivity index (χ3n) is 4.37. The van der Waals surface area contributed by atoms with Gasteiger partial charge < -0.3 is 0 Å². The molecule has 0 aromatic heterocycles. The van der Waals surface area contributed by atoms with Crippen LogP contribution in [0.1, 0.15) is 12.8 Å². The number of rotatable bonds is 6. The highest BCUT2D eigenvalue weighted by atomic mass is 31.2. The van der Waals surface area contributed by atoms with Crippen molar-refractivity contribution >= 4 is 23.2 Å². The van der Waals surface area contributed by atoms with E-state index in [1.807, 2.05) is 0 Å². The molecule has 0 saturated heterocycles. The first kappa shape index (κ1) is 16.4. The minimum atomic E-state index is -1.73. The van der Waals surface area contributed by atoms with Crippen LogP contribution in [-0.2, 0) is 0 Å². The van der Waals surface area contributed by atoms with Gasteiger partial charge in [0, 0.05) is 6.42 Å². The second kappa shape index (κ2) is 7.91. The molecule has 0 saturated carbocycles. The quantitative estimate of drug-likeness (QED) is 0.489. The van der Waals surface area contributed by atoms with Gasteiger partial charge in [0.15, 0.2) is 0 Å². The molecule has 0 unspecified atom stereocenters. The van der Waals surface area contributed by atoms with Crippen molar-refractivity contribution < 1.29 is 0 Å². The standard InChI is InChI=1S/C22H21NP/c23-18-10-11-19-24(20-12-4-1-5-13-20,21-14-6-2-7-15-21)22-16-8-3-9-17-22/h1-9,12-17H,10-11,19H2/q+1/i18-1. The van der Waals surface area contributed by atoms with Crippen LogP contribution in [0.2, 0.25) is 0 Å². The van der Waals surface area contributed by atoms with Gasteiger partial charge in [-0.15, -0.1) is 0 Å². The van der Waals surface area contributed by atoms with Gasteiger partial charge in [0.25, 0.3) is 0 Å². The molecule has 3 rings (SSSR count). The van der Waals surface area contributed by atoms with Gasteiger partial charge in [-0.2, -0.15) is 5.26 Å². The molecule has 2 heteroatoms. The summed E-state index contributed by atoms with van der Waals surface area (Å²) in [6, 6.07) is 34.8. The van der Waals surface area contributed by atoms with Crippen molar-refractivity contribution in [3.05, 3.63) is 91.0 Å². The van der Waals surface area contributed by atoms with E-state index < -0.39 is 7.26 Å². The highest BCUT2D eigenvalue weighted by Crippen LogP contribution is 2.55. The van der Waals surface area contributed by atoms with Crippen LogP contribution in [0.25, 0.3) is 0 Å². The summed E-state index contributed by atoms with van der Waals surface area (Å²) in [5.41, 5.74) is 0. The lowest BCUT2D eigenvalue weighted by Gasteiger charge is -2.27. The molecule has 24 heavy (non-hydrogen) atoms. The van der Waals surface area contributed by atoms with Crippen LogP contribution >= 0.6 is 7.26 Å². The van der Waals surface area contributed by atoms with Gasteiger partial charge in [-0.25, -0.2) is 0 Å². The van der Waals surface area contributed by atoms with E-state index in [-0.39, 0.29) is 0 Å². The molecule has 0 bridgehead atoms. The molecule has 0 spiro atoms. The van der Waals surface area contributed by atoms with Gasteiger partial charge in [0.05, 0.1) is 12.2 Å². The van der Waals surface area contributed by atoms with Crippen molar-refractivity contribution in [1.29, 1.82) is 5.26 Å². The minimum Gasteiger partial charge on any atom is -0.198 e. The molecule has 118 valence electrons. The molecule has 0 radical (unpaired) electrons. The topological polar surface area (TPSA) is 23.8 Å². The first-order valence-electron chi connectivity index (χ1n) is 8.30. The van der Waals surface area contributed by atoms with Crippen LogP contribution in [-0.4, -0.2) is 6.16 Å². The van der Waals surface area contributed by atoms with E-state index in [0.29, 0.717) is 6.42 Å². The molecule has 0 aliphatic rings. The molecular formula is C22H21NP+. The van der Waals surface area contributed by atoms with Crippen molar-refractivity contribution in [1.82, 2.24) is 0 Å². The van der Waals surface area contributed by atoms with Crippen molar-refractivity contribution in [2.24, 2.45) is 0 Å². The van der Waals surface area contributed by atoms with Crippen LogP contribution in [0.3, 0.4) is 0 Å². The minimum absolute atomic E-state index is 0.605. The first-order valence-corrected chi connectivity index (χ1v) is 10.3. The lowest BCUT2D eigenvalue weighted by atomic mass is 10.1. The molecule has 1 nitrogen and oxygen atoms in total. The second-order valence-electron chi connectivity index (χ2n) is 5.80. The number of nitrogens with zero attached hydrogens (tertiary/aromatic N) is 1. The summed E-state index contributed by atoms with van der Waals surface area (Å²) < 4.78 is 0. The van der Waals surface area contributed by atoms with E-state index >= 15 is 0 Å². The zero-order chi connectivity index (χ0) is 16.7. The van der Waals surface area contributed by atoms with Crippen LogP contribution in [0.4, 0.5) is 0 Å². The predicted octanol–water partition coefficient (Wildman–Crippen LogP) is 4.28. The average Bonchev–Trinajstić information content (AvgIpc) is 2.68. The maximum atomic E-state index is 9.04. The van der Waals surface area contributed by atoms with Crippen LogP contribution in [0.5, 0.6) is 0 Å². The Hall–Kier alpha value is -2.42. The Morgan fingerprint density at radius 1 is 0.625 bits per heavy atom. The second-order valence-corrected chi connectivity index (χ2v) is 9.42. The van der Waals surface area contributed by atoms with Gasteiger partial charge in [-0.05, 0) is 42.8 Å². The molecule has 0 fully saturated rings. The predicted molar refractivity (Wildman–Crippen MR) is 105 cm³/mol. The fourth-order valence-electron chi connectivity index (χ4n) is 3.28. The Balaban J connectivity index is 2.22. The summed E-state index contributed by atoms with van der Waals surface area (Å²) in [7, 11) is -1.73. The zero-order valence-electron chi connectivity index (χ0n) is 13.7. The molecule has 0 atom stereocenters. The number of nitriles is 1. The Bertz CT molecular complexity index is 695. The number of hydrogen-bond donors (Lipinski definition) is 0. The smallest absolute Gasteiger partial charge is 0.112 e.